The summed E-state index contributed by atoms with van der Waals surface area (Å²) in [6, 6.07) is 9.15. The average Bonchev–Trinajstić information content (AvgIpc) is 2.81. The van der Waals surface area contributed by atoms with E-state index in [1.165, 1.54) is 49.9 Å². The van der Waals surface area contributed by atoms with Crippen molar-refractivity contribution < 1.29 is 0 Å². The zero-order valence-corrected chi connectivity index (χ0v) is 17.7. The molecular formula is C19H33IN4. The third-order valence-corrected chi connectivity index (χ3v) is 4.31. The monoisotopic (exact) mass is 444 g/mol. The van der Waals surface area contributed by atoms with Crippen LogP contribution in [0.4, 0.5) is 0 Å². The standard InChI is InChI=1S/C19H32N4.HI/c1-16(2)22-19(20-3)21-14-17-10-6-7-11-18(17)15-23-12-8-4-5-9-13-23;/h6-7,10-11,16H,4-5,8-9,12-15H2,1-3H3,(H2,20,21,22);1H. The number of benzene rings is 1. The number of hydrogen-bond acceptors (Lipinski definition) is 2. The molecule has 0 aromatic heterocycles. The van der Waals surface area contributed by atoms with E-state index in [4.69, 9.17) is 0 Å². The van der Waals surface area contributed by atoms with E-state index in [0.717, 1.165) is 19.0 Å². The molecule has 1 aliphatic heterocycles. The molecule has 1 aromatic rings. The Morgan fingerprint density at radius 2 is 1.71 bits per heavy atom. The van der Waals surface area contributed by atoms with Crippen LogP contribution in [0.25, 0.3) is 0 Å². The van der Waals surface area contributed by atoms with E-state index < -0.39 is 0 Å². The first-order valence-electron chi connectivity index (χ1n) is 8.95. The normalized spacial score (nSPS) is 16.4. The van der Waals surface area contributed by atoms with E-state index in [9.17, 15) is 0 Å². The van der Waals surface area contributed by atoms with Crippen molar-refractivity contribution in [2.45, 2.75) is 58.7 Å². The minimum atomic E-state index is 0. The van der Waals surface area contributed by atoms with Gasteiger partial charge in [0.2, 0.25) is 0 Å². The van der Waals surface area contributed by atoms with Gasteiger partial charge in [0.25, 0.3) is 0 Å². The van der Waals surface area contributed by atoms with Crippen molar-refractivity contribution in [1.82, 2.24) is 15.5 Å². The first-order valence-corrected chi connectivity index (χ1v) is 8.95. The minimum Gasteiger partial charge on any atom is -0.354 e. The van der Waals surface area contributed by atoms with Crippen LogP contribution in [0.15, 0.2) is 29.3 Å². The van der Waals surface area contributed by atoms with Crippen LogP contribution in [0, 0.1) is 0 Å². The molecule has 0 aliphatic carbocycles. The Morgan fingerprint density at radius 3 is 2.29 bits per heavy atom. The van der Waals surface area contributed by atoms with Gasteiger partial charge in [-0.1, -0.05) is 37.1 Å². The first-order chi connectivity index (χ1) is 11.2. The Kier molecular flexibility index (Phi) is 10.3. The molecular weight excluding hydrogens is 411 g/mol. The molecule has 1 heterocycles. The summed E-state index contributed by atoms with van der Waals surface area (Å²) in [7, 11) is 1.82. The van der Waals surface area contributed by atoms with Gasteiger partial charge in [0, 0.05) is 26.2 Å². The Balaban J connectivity index is 0.00000288. The number of rotatable bonds is 5. The van der Waals surface area contributed by atoms with Crippen molar-refractivity contribution in [3.8, 4) is 0 Å². The lowest BCUT2D eigenvalue weighted by Gasteiger charge is -2.22. The second-order valence-electron chi connectivity index (χ2n) is 6.68. The molecule has 0 radical (unpaired) electrons. The van der Waals surface area contributed by atoms with Crippen molar-refractivity contribution in [2.24, 2.45) is 4.99 Å². The van der Waals surface area contributed by atoms with E-state index in [2.05, 4.69) is 58.6 Å². The van der Waals surface area contributed by atoms with E-state index >= 15 is 0 Å². The number of guanidine groups is 1. The van der Waals surface area contributed by atoms with Gasteiger partial charge in [-0.25, -0.2) is 0 Å². The summed E-state index contributed by atoms with van der Waals surface area (Å²) >= 11 is 0. The summed E-state index contributed by atoms with van der Waals surface area (Å²) in [6.07, 6.45) is 5.45. The van der Waals surface area contributed by atoms with Crippen LogP contribution in [0.1, 0.15) is 50.7 Å². The SMILES string of the molecule is CN=C(NCc1ccccc1CN1CCCCCC1)NC(C)C.I. The number of halogens is 1. The Morgan fingerprint density at radius 1 is 1.08 bits per heavy atom. The van der Waals surface area contributed by atoms with Gasteiger partial charge >= 0.3 is 0 Å². The average molecular weight is 444 g/mol. The topological polar surface area (TPSA) is 39.7 Å². The number of nitrogens with zero attached hydrogens (tertiary/aromatic N) is 2. The molecule has 24 heavy (non-hydrogen) atoms. The highest BCUT2D eigenvalue weighted by atomic mass is 127. The fraction of sp³-hybridized carbons (Fsp3) is 0.632. The van der Waals surface area contributed by atoms with Crippen molar-refractivity contribution in [1.29, 1.82) is 0 Å². The summed E-state index contributed by atoms with van der Waals surface area (Å²) in [6.45, 7) is 8.60. The van der Waals surface area contributed by atoms with E-state index in [0.29, 0.717) is 6.04 Å². The summed E-state index contributed by atoms with van der Waals surface area (Å²) in [5, 5.41) is 6.76. The van der Waals surface area contributed by atoms with Gasteiger partial charge in [-0.15, -0.1) is 24.0 Å². The molecule has 0 bridgehead atoms. The second kappa shape index (κ2) is 11.7. The van der Waals surface area contributed by atoms with Crippen LogP contribution < -0.4 is 10.6 Å². The van der Waals surface area contributed by atoms with Crippen LogP contribution in [-0.4, -0.2) is 37.0 Å². The molecule has 0 spiro atoms. The molecule has 5 heteroatoms. The third kappa shape index (κ3) is 7.38. The second-order valence-corrected chi connectivity index (χ2v) is 6.68. The molecule has 0 unspecified atom stereocenters. The molecule has 1 aromatic carbocycles. The lowest BCUT2D eigenvalue weighted by molar-refractivity contribution is 0.276. The van der Waals surface area contributed by atoms with Crippen molar-refractivity contribution in [3.05, 3.63) is 35.4 Å². The highest BCUT2D eigenvalue weighted by Crippen LogP contribution is 2.16. The molecule has 0 saturated carbocycles. The van der Waals surface area contributed by atoms with Crippen LogP contribution >= 0.6 is 24.0 Å². The van der Waals surface area contributed by atoms with Gasteiger partial charge in [0.15, 0.2) is 5.96 Å². The number of hydrogen-bond donors (Lipinski definition) is 2. The fourth-order valence-electron chi connectivity index (χ4n) is 3.07. The lowest BCUT2D eigenvalue weighted by Crippen LogP contribution is -2.40. The highest BCUT2D eigenvalue weighted by molar-refractivity contribution is 14.0. The van der Waals surface area contributed by atoms with Gasteiger partial charge in [-0.3, -0.25) is 9.89 Å². The Hall–Kier alpha value is -0.820. The van der Waals surface area contributed by atoms with Crippen molar-refractivity contribution in [2.75, 3.05) is 20.1 Å². The smallest absolute Gasteiger partial charge is 0.191 e. The molecule has 1 saturated heterocycles. The van der Waals surface area contributed by atoms with Crippen molar-refractivity contribution >= 4 is 29.9 Å². The summed E-state index contributed by atoms with van der Waals surface area (Å²) in [5.74, 6) is 0.865. The molecule has 1 aliphatic rings. The molecule has 2 rings (SSSR count). The van der Waals surface area contributed by atoms with E-state index in [1.807, 2.05) is 7.05 Å². The zero-order valence-electron chi connectivity index (χ0n) is 15.3. The largest absolute Gasteiger partial charge is 0.354 e. The molecule has 1 fully saturated rings. The van der Waals surface area contributed by atoms with Gasteiger partial charge in [0.1, 0.15) is 0 Å². The van der Waals surface area contributed by atoms with Crippen LogP contribution in [-0.2, 0) is 13.1 Å². The lowest BCUT2D eigenvalue weighted by atomic mass is 10.1. The predicted octanol–water partition coefficient (Wildman–Crippen LogP) is 3.75. The van der Waals surface area contributed by atoms with E-state index in [1.54, 1.807) is 0 Å². The first kappa shape index (κ1) is 21.2. The zero-order chi connectivity index (χ0) is 16.5. The van der Waals surface area contributed by atoms with Gasteiger partial charge in [-0.2, -0.15) is 0 Å². The van der Waals surface area contributed by atoms with Crippen LogP contribution in [0.5, 0.6) is 0 Å². The Labute approximate surface area is 164 Å². The molecule has 136 valence electrons. The van der Waals surface area contributed by atoms with Gasteiger partial charge in [0.05, 0.1) is 0 Å². The maximum Gasteiger partial charge on any atom is 0.191 e. The van der Waals surface area contributed by atoms with E-state index in [-0.39, 0.29) is 24.0 Å². The number of aliphatic imine (C=N–C) groups is 1. The Bertz CT molecular complexity index is 494. The number of nitrogens with one attached hydrogen (secondary N) is 2. The maximum absolute atomic E-state index is 4.29. The van der Waals surface area contributed by atoms with Gasteiger partial charge in [-0.05, 0) is 50.9 Å². The highest BCUT2D eigenvalue weighted by Gasteiger charge is 2.11. The number of likely N-dealkylation sites (tertiary alicyclic amines) is 1. The third-order valence-electron chi connectivity index (χ3n) is 4.31. The van der Waals surface area contributed by atoms with Gasteiger partial charge < -0.3 is 10.6 Å². The fourth-order valence-corrected chi connectivity index (χ4v) is 3.07. The maximum atomic E-state index is 4.29. The molecule has 2 N–H and O–H groups in total. The summed E-state index contributed by atoms with van der Waals surface area (Å²) < 4.78 is 0. The molecule has 0 amide bonds. The predicted molar refractivity (Wildman–Crippen MR) is 114 cm³/mol. The van der Waals surface area contributed by atoms with Crippen LogP contribution in [0.2, 0.25) is 0 Å². The summed E-state index contributed by atoms with van der Waals surface area (Å²) in [4.78, 5) is 6.89. The summed E-state index contributed by atoms with van der Waals surface area (Å²) in [5.41, 5.74) is 2.80. The van der Waals surface area contributed by atoms with Crippen molar-refractivity contribution in [3.63, 3.8) is 0 Å². The molecule has 4 nitrogen and oxygen atoms in total. The minimum absolute atomic E-state index is 0. The molecule has 0 atom stereocenters. The van der Waals surface area contributed by atoms with Crippen LogP contribution in [0.3, 0.4) is 0 Å². The quantitative estimate of drug-likeness (QED) is 0.413.